The molecule has 2 fully saturated rings. The molecular formula is C10H22N4. The highest BCUT2D eigenvalue weighted by molar-refractivity contribution is 4.99. The minimum atomic E-state index is 0.265. The second-order valence-electron chi connectivity index (χ2n) is 4.65. The molecule has 3 N–H and O–H groups in total. The van der Waals surface area contributed by atoms with Gasteiger partial charge in [0.15, 0.2) is 0 Å². The first-order chi connectivity index (χ1) is 6.77. The molecule has 0 saturated carbocycles. The van der Waals surface area contributed by atoms with Gasteiger partial charge in [-0.05, 0) is 20.0 Å². The van der Waals surface area contributed by atoms with E-state index in [1.165, 1.54) is 32.6 Å². The van der Waals surface area contributed by atoms with Crippen molar-refractivity contribution in [2.24, 2.45) is 5.73 Å². The molecule has 2 rings (SSSR count). The van der Waals surface area contributed by atoms with Crippen molar-refractivity contribution in [2.75, 3.05) is 52.9 Å². The van der Waals surface area contributed by atoms with E-state index in [1.54, 1.807) is 0 Å². The van der Waals surface area contributed by atoms with Gasteiger partial charge in [0.05, 0.1) is 0 Å². The quantitative estimate of drug-likeness (QED) is 0.593. The SMILES string of the molecule is CN1CCN(C2(CN)CCNC2)CC1. The Morgan fingerprint density at radius 1 is 1.29 bits per heavy atom. The molecule has 0 aromatic rings. The lowest BCUT2D eigenvalue weighted by Crippen LogP contribution is -2.60. The number of nitrogens with two attached hydrogens (primary N) is 1. The number of hydrogen-bond acceptors (Lipinski definition) is 4. The highest BCUT2D eigenvalue weighted by Gasteiger charge is 2.39. The van der Waals surface area contributed by atoms with Crippen LogP contribution in [0, 0.1) is 0 Å². The van der Waals surface area contributed by atoms with E-state index in [4.69, 9.17) is 5.73 Å². The maximum Gasteiger partial charge on any atom is 0.0468 e. The number of nitrogens with zero attached hydrogens (tertiary/aromatic N) is 2. The molecule has 0 aliphatic carbocycles. The fourth-order valence-electron chi connectivity index (χ4n) is 2.58. The summed E-state index contributed by atoms with van der Waals surface area (Å²) in [5.41, 5.74) is 6.20. The summed E-state index contributed by atoms with van der Waals surface area (Å²) in [5.74, 6) is 0. The zero-order chi connectivity index (χ0) is 10.0. The third kappa shape index (κ3) is 1.80. The summed E-state index contributed by atoms with van der Waals surface area (Å²) in [6.07, 6.45) is 1.22. The molecule has 1 atom stereocenters. The van der Waals surface area contributed by atoms with Crippen molar-refractivity contribution >= 4 is 0 Å². The summed E-state index contributed by atoms with van der Waals surface area (Å²) >= 11 is 0. The van der Waals surface area contributed by atoms with Crippen molar-refractivity contribution in [1.29, 1.82) is 0 Å². The van der Waals surface area contributed by atoms with Gasteiger partial charge in [0, 0.05) is 44.8 Å². The van der Waals surface area contributed by atoms with Crippen molar-refractivity contribution in [2.45, 2.75) is 12.0 Å². The molecule has 4 heteroatoms. The van der Waals surface area contributed by atoms with Gasteiger partial charge in [0.25, 0.3) is 0 Å². The molecule has 0 radical (unpaired) electrons. The van der Waals surface area contributed by atoms with Crippen molar-refractivity contribution in [1.82, 2.24) is 15.1 Å². The molecule has 2 heterocycles. The summed E-state index contributed by atoms with van der Waals surface area (Å²) in [5, 5.41) is 3.44. The van der Waals surface area contributed by atoms with Gasteiger partial charge in [0.2, 0.25) is 0 Å². The Bertz CT molecular complexity index is 181. The summed E-state index contributed by atoms with van der Waals surface area (Å²) in [6.45, 7) is 7.72. The van der Waals surface area contributed by atoms with Gasteiger partial charge in [-0.15, -0.1) is 0 Å². The van der Waals surface area contributed by atoms with Crippen molar-refractivity contribution in [3.05, 3.63) is 0 Å². The fourth-order valence-corrected chi connectivity index (χ4v) is 2.58. The van der Waals surface area contributed by atoms with Crippen LogP contribution in [0.25, 0.3) is 0 Å². The van der Waals surface area contributed by atoms with Crippen molar-refractivity contribution in [3.8, 4) is 0 Å². The first-order valence-corrected chi connectivity index (χ1v) is 5.61. The number of likely N-dealkylation sites (N-methyl/N-ethyl adjacent to an activating group) is 1. The van der Waals surface area contributed by atoms with E-state index >= 15 is 0 Å². The van der Waals surface area contributed by atoms with Crippen LogP contribution in [0.3, 0.4) is 0 Å². The highest BCUT2D eigenvalue weighted by atomic mass is 15.3. The van der Waals surface area contributed by atoms with Crippen LogP contribution in [0.1, 0.15) is 6.42 Å². The minimum absolute atomic E-state index is 0.265. The Hall–Kier alpha value is -0.160. The molecule has 2 saturated heterocycles. The fraction of sp³-hybridized carbons (Fsp3) is 1.00. The zero-order valence-corrected chi connectivity index (χ0v) is 9.13. The first-order valence-electron chi connectivity index (χ1n) is 5.61. The largest absolute Gasteiger partial charge is 0.329 e. The number of rotatable bonds is 2. The van der Waals surface area contributed by atoms with Crippen LogP contribution in [0.15, 0.2) is 0 Å². The molecule has 0 aromatic heterocycles. The predicted octanol–water partition coefficient (Wildman–Crippen LogP) is -1.08. The maximum absolute atomic E-state index is 5.94. The van der Waals surface area contributed by atoms with Gasteiger partial charge in [0.1, 0.15) is 0 Å². The molecule has 0 aromatic carbocycles. The zero-order valence-electron chi connectivity index (χ0n) is 9.13. The molecule has 4 nitrogen and oxygen atoms in total. The Morgan fingerprint density at radius 3 is 2.50 bits per heavy atom. The number of nitrogens with one attached hydrogen (secondary N) is 1. The molecular weight excluding hydrogens is 176 g/mol. The summed E-state index contributed by atoms with van der Waals surface area (Å²) in [4.78, 5) is 4.98. The molecule has 14 heavy (non-hydrogen) atoms. The molecule has 2 aliphatic heterocycles. The lowest BCUT2D eigenvalue weighted by atomic mass is 9.95. The Morgan fingerprint density at radius 2 is 2.00 bits per heavy atom. The summed E-state index contributed by atoms with van der Waals surface area (Å²) < 4.78 is 0. The van der Waals surface area contributed by atoms with E-state index in [2.05, 4.69) is 22.2 Å². The minimum Gasteiger partial charge on any atom is -0.329 e. The van der Waals surface area contributed by atoms with E-state index in [9.17, 15) is 0 Å². The van der Waals surface area contributed by atoms with Crippen LogP contribution in [0.4, 0.5) is 0 Å². The van der Waals surface area contributed by atoms with Gasteiger partial charge in [-0.2, -0.15) is 0 Å². The van der Waals surface area contributed by atoms with Gasteiger partial charge < -0.3 is 16.0 Å². The lowest BCUT2D eigenvalue weighted by molar-refractivity contribution is 0.0566. The Balaban J connectivity index is 1.98. The van der Waals surface area contributed by atoms with Crippen LogP contribution in [0.2, 0.25) is 0 Å². The predicted molar refractivity (Wildman–Crippen MR) is 58.3 cm³/mol. The van der Waals surface area contributed by atoms with Gasteiger partial charge in [-0.25, -0.2) is 0 Å². The molecule has 0 bridgehead atoms. The average Bonchev–Trinajstić information content (AvgIpc) is 2.68. The second-order valence-corrected chi connectivity index (χ2v) is 4.65. The van der Waals surface area contributed by atoms with Crippen LogP contribution in [0.5, 0.6) is 0 Å². The second kappa shape index (κ2) is 4.14. The van der Waals surface area contributed by atoms with E-state index in [1.807, 2.05) is 0 Å². The number of piperazine rings is 1. The van der Waals surface area contributed by atoms with Crippen LogP contribution >= 0.6 is 0 Å². The Kier molecular flexibility index (Phi) is 3.07. The first kappa shape index (κ1) is 10.4. The third-order valence-corrected chi connectivity index (χ3v) is 3.78. The molecule has 0 spiro atoms. The van der Waals surface area contributed by atoms with Gasteiger partial charge >= 0.3 is 0 Å². The van der Waals surface area contributed by atoms with Crippen LogP contribution < -0.4 is 11.1 Å². The maximum atomic E-state index is 5.94. The monoisotopic (exact) mass is 198 g/mol. The highest BCUT2D eigenvalue weighted by Crippen LogP contribution is 2.23. The van der Waals surface area contributed by atoms with E-state index in [0.717, 1.165) is 19.6 Å². The Labute approximate surface area is 86.4 Å². The molecule has 82 valence electrons. The summed E-state index contributed by atoms with van der Waals surface area (Å²) in [7, 11) is 2.19. The molecule has 0 amide bonds. The van der Waals surface area contributed by atoms with E-state index in [-0.39, 0.29) is 5.54 Å². The van der Waals surface area contributed by atoms with Gasteiger partial charge in [-0.1, -0.05) is 0 Å². The molecule has 2 aliphatic rings. The van der Waals surface area contributed by atoms with Crippen LogP contribution in [-0.2, 0) is 0 Å². The summed E-state index contributed by atoms with van der Waals surface area (Å²) in [6, 6.07) is 0. The topological polar surface area (TPSA) is 44.5 Å². The van der Waals surface area contributed by atoms with Crippen molar-refractivity contribution in [3.63, 3.8) is 0 Å². The standard InChI is InChI=1S/C10H22N4/c1-13-4-6-14(7-5-13)10(8-11)2-3-12-9-10/h12H,2-9,11H2,1H3. The molecule has 1 unspecified atom stereocenters. The van der Waals surface area contributed by atoms with E-state index < -0.39 is 0 Å². The average molecular weight is 198 g/mol. The van der Waals surface area contributed by atoms with Gasteiger partial charge in [-0.3, -0.25) is 4.90 Å². The number of hydrogen-bond donors (Lipinski definition) is 2. The third-order valence-electron chi connectivity index (χ3n) is 3.78. The van der Waals surface area contributed by atoms with E-state index in [0.29, 0.717) is 0 Å². The smallest absolute Gasteiger partial charge is 0.0468 e. The normalized spacial score (nSPS) is 36.4. The van der Waals surface area contributed by atoms with Crippen LogP contribution in [-0.4, -0.2) is 68.2 Å². The lowest BCUT2D eigenvalue weighted by Gasteiger charge is -2.44. The van der Waals surface area contributed by atoms with Crippen molar-refractivity contribution < 1.29 is 0 Å².